The van der Waals surface area contributed by atoms with Crippen LogP contribution in [0.5, 0.6) is 0 Å². The Morgan fingerprint density at radius 2 is 2.07 bits per heavy atom. The lowest BCUT2D eigenvalue weighted by molar-refractivity contribution is 0.0988. The van der Waals surface area contributed by atoms with Crippen LogP contribution in [0.25, 0.3) is 10.2 Å². The Morgan fingerprint density at radius 3 is 2.85 bits per heavy atom. The zero-order chi connectivity index (χ0) is 18.8. The van der Waals surface area contributed by atoms with Gasteiger partial charge in [-0.15, -0.1) is 11.3 Å². The molecule has 4 aromatic rings. The zero-order valence-corrected chi connectivity index (χ0v) is 16.7. The molecule has 0 aliphatic carbocycles. The third-order valence-corrected chi connectivity index (χ3v) is 5.86. The first-order valence-corrected chi connectivity index (χ1v) is 10.2. The number of carbonyl (C=O) groups is 1. The minimum absolute atomic E-state index is 0.277. The van der Waals surface area contributed by atoms with Gasteiger partial charge in [0.15, 0.2) is 0 Å². The van der Waals surface area contributed by atoms with Crippen molar-refractivity contribution < 1.29 is 4.79 Å². The van der Waals surface area contributed by atoms with Gasteiger partial charge in [0.25, 0.3) is 5.91 Å². The number of hydrogen-bond acceptors (Lipinski definition) is 5. The number of hydrogen-bond donors (Lipinski definition) is 0. The molecule has 1 amide bonds. The number of anilines is 1. The molecule has 7 heteroatoms. The molecule has 0 N–H and O–H groups in total. The average Bonchev–Trinajstić information content (AvgIpc) is 3.31. The number of amides is 1. The molecule has 0 saturated carbocycles. The summed E-state index contributed by atoms with van der Waals surface area (Å²) in [6.07, 6.45) is 1.67. The summed E-state index contributed by atoms with van der Waals surface area (Å²) < 4.78 is 1.01. The molecular weight excluding hydrogens is 398 g/mol. The lowest BCUT2D eigenvalue weighted by atomic mass is 10.2. The second-order valence-electron chi connectivity index (χ2n) is 5.85. The van der Waals surface area contributed by atoms with E-state index in [2.05, 4.69) is 16.2 Å². The fraction of sp³-hybridized carbons (Fsp3) is 0.0500. The highest BCUT2D eigenvalue weighted by molar-refractivity contribution is 7.22. The molecule has 4 nitrogen and oxygen atoms in total. The molecule has 0 aliphatic heterocycles. The number of rotatable bonds is 4. The van der Waals surface area contributed by atoms with Crippen LogP contribution < -0.4 is 5.01 Å². The van der Waals surface area contributed by atoms with E-state index < -0.39 is 0 Å². The molecule has 0 spiro atoms. The molecule has 0 unspecified atom stereocenters. The Balaban J connectivity index is 1.77. The van der Waals surface area contributed by atoms with Crippen LogP contribution >= 0.6 is 34.3 Å². The lowest BCUT2D eigenvalue weighted by Gasteiger charge is -2.13. The molecule has 0 bridgehead atoms. The van der Waals surface area contributed by atoms with Crippen LogP contribution in [0.1, 0.15) is 20.8 Å². The first kappa shape index (κ1) is 17.9. The normalized spacial score (nSPS) is 11.3. The number of carbonyl (C=O) groups excluding carboxylic acids is 1. The maximum absolute atomic E-state index is 13.1. The van der Waals surface area contributed by atoms with E-state index in [0.29, 0.717) is 15.7 Å². The second-order valence-corrected chi connectivity index (χ2v) is 8.28. The van der Waals surface area contributed by atoms with E-state index in [-0.39, 0.29) is 5.91 Å². The third kappa shape index (κ3) is 3.93. The molecule has 0 aliphatic rings. The van der Waals surface area contributed by atoms with Gasteiger partial charge in [0.2, 0.25) is 5.13 Å². The Labute approximate surface area is 169 Å². The van der Waals surface area contributed by atoms with E-state index in [1.54, 1.807) is 41.8 Å². The van der Waals surface area contributed by atoms with E-state index >= 15 is 0 Å². The van der Waals surface area contributed by atoms with E-state index in [0.717, 1.165) is 20.7 Å². The molecule has 27 heavy (non-hydrogen) atoms. The van der Waals surface area contributed by atoms with Crippen LogP contribution in [0.4, 0.5) is 5.13 Å². The molecular formula is C20H14ClN3OS2. The molecule has 2 aromatic carbocycles. The summed E-state index contributed by atoms with van der Waals surface area (Å²) in [5, 5.41) is 8.76. The number of nitrogens with zero attached hydrogens (tertiary/aromatic N) is 3. The maximum atomic E-state index is 13.1. The maximum Gasteiger partial charge on any atom is 0.280 e. The first-order valence-electron chi connectivity index (χ1n) is 8.15. The number of fused-ring (bicyclic) bond motifs is 1. The number of halogens is 1. The van der Waals surface area contributed by atoms with Gasteiger partial charge in [0.05, 0.1) is 16.4 Å². The summed E-state index contributed by atoms with van der Waals surface area (Å²) in [5.74, 6) is -0.277. The van der Waals surface area contributed by atoms with Crippen LogP contribution in [0.2, 0.25) is 5.02 Å². The van der Waals surface area contributed by atoms with Gasteiger partial charge >= 0.3 is 0 Å². The van der Waals surface area contributed by atoms with Gasteiger partial charge in [-0.3, -0.25) is 4.79 Å². The summed E-state index contributed by atoms with van der Waals surface area (Å²) in [4.78, 5) is 18.7. The van der Waals surface area contributed by atoms with Crippen molar-refractivity contribution in [3.05, 3.63) is 81.0 Å². The van der Waals surface area contributed by atoms with Gasteiger partial charge in [-0.1, -0.05) is 41.1 Å². The highest BCUT2D eigenvalue weighted by Gasteiger charge is 2.21. The predicted molar refractivity (Wildman–Crippen MR) is 115 cm³/mol. The van der Waals surface area contributed by atoms with Crippen molar-refractivity contribution in [2.75, 3.05) is 5.01 Å². The molecule has 0 atom stereocenters. The molecule has 2 heterocycles. The van der Waals surface area contributed by atoms with Crippen molar-refractivity contribution >= 4 is 61.7 Å². The van der Waals surface area contributed by atoms with Gasteiger partial charge in [-0.05, 0) is 54.3 Å². The molecule has 0 saturated heterocycles. The Bertz CT molecular complexity index is 1140. The minimum atomic E-state index is -0.277. The van der Waals surface area contributed by atoms with Crippen molar-refractivity contribution in [1.82, 2.24) is 4.98 Å². The number of thiophene rings is 1. The van der Waals surface area contributed by atoms with Crippen molar-refractivity contribution in [3.63, 3.8) is 0 Å². The van der Waals surface area contributed by atoms with Gasteiger partial charge in [-0.25, -0.2) is 4.98 Å². The van der Waals surface area contributed by atoms with E-state index in [4.69, 9.17) is 11.6 Å². The van der Waals surface area contributed by atoms with Crippen molar-refractivity contribution in [2.24, 2.45) is 5.10 Å². The number of hydrazone groups is 1. The summed E-state index contributed by atoms with van der Waals surface area (Å²) >= 11 is 9.05. The second kappa shape index (κ2) is 7.60. The van der Waals surface area contributed by atoms with Crippen LogP contribution in [0.15, 0.2) is 65.1 Å². The van der Waals surface area contributed by atoms with Crippen LogP contribution in [0, 0.1) is 6.92 Å². The highest BCUT2D eigenvalue weighted by atomic mass is 35.5. The van der Waals surface area contributed by atoms with E-state index in [9.17, 15) is 4.79 Å². The molecule has 134 valence electrons. The summed E-state index contributed by atoms with van der Waals surface area (Å²) in [7, 11) is 0. The Kier molecular flexibility index (Phi) is 5.03. The Morgan fingerprint density at radius 1 is 1.19 bits per heavy atom. The number of benzene rings is 2. The number of aromatic nitrogens is 1. The molecule has 0 fully saturated rings. The van der Waals surface area contributed by atoms with E-state index in [1.165, 1.54) is 16.3 Å². The molecule has 0 radical (unpaired) electrons. The predicted octanol–water partition coefficient (Wildman–Crippen LogP) is 6.00. The fourth-order valence-electron chi connectivity index (χ4n) is 2.52. The van der Waals surface area contributed by atoms with Gasteiger partial charge < -0.3 is 0 Å². The van der Waals surface area contributed by atoms with Crippen LogP contribution in [-0.2, 0) is 0 Å². The lowest BCUT2D eigenvalue weighted by Crippen LogP contribution is -2.25. The van der Waals surface area contributed by atoms with Crippen LogP contribution in [0.3, 0.4) is 0 Å². The summed E-state index contributed by atoms with van der Waals surface area (Å²) in [6.45, 7) is 2.03. The number of aryl methyl sites for hydroxylation is 1. The first-order chi connectivity index (χ1) is 13.1. The monoisotopic (exact) mass is 411 g/mol. The summed E-state index contributed by atoms with van der Waals surface area (Å²) in [5.41, 5.74) is 2.45. The van der Waals surface area contributed by atoms with Gasteiger partial charge in [0, 0.05) is 15.5 Å². The van der Waals surface area contributed by atoms with Gasteiger partial charge in [0.1, 0.15) is 0 Å². The van der Waals surface area contributed by atoms with E-state index in [1.807, 2.05) is 36.6 Å². The smallest absolute Gasteiger partial charge is 0.267 e. The number of thiazole rings is 1. The third-order valence-electron chi connectivity index (χ3n) is 3.82. The Hall–Kier alpha value is -2.54. The minimum Gasteiger partial charge on any atom is -0.267 e. The van der Waals surface area contributed by atoms with Crippen molar-refractivity contribution in [3.8, 4) is 0 Å². The summed E-state index contributed by atoms with van der Waals surface area (Å²) in [6, 6.07) is 16.7. The van der Waals surface area contributed by atoms with Crippen molar-refractivity contribution in [1.29, 1.82) is 0 Å². The quantitative estimate of drug-likeness (QED) is 0.305. The van der Waals surface area contributed by atoms with Gasteiger partial charge in [-0.2, -0.15) is 10.1 Å². The average molecular weight is 412 g/mol. The zero-order valence-electron chi connectivity index (χ0n) is 14.3. The highest BCUT2D eigenvalue weighted by Crippen LogP contribution is 2.31. The SMILES string of the molecule is Cc1ccc2nc(N(/N=C/c3cccs3)C(=O)c3cccc(Cl)c3)sc2c1. The molecule has 2 aromatic heterocycles. The van der Waals surface area contributed by atoms with Crippen molar-refractivity contribution in [2.45, 2.75) is 6.92 Å². The van der Waals surface area contributed by atoms with Crippen LogP contribution in [-0.4, -0.2) is 17.1 Å². The standard InChI is InChI=1S/C20H14ClN3OS2/c1-13-7-8-17-18(10-13)27-20(23-17)24(22-12-16-6-3-9-26-16)19(25)14-4-2-5-15(21)11-14/h2-12H,1H3/b22-12+. The molecule has 4 rings (SSSR count). The largest absolute Gasteiger partial charge is 0.280 e. The topological polar surface area (TPSA) is 45.6 Å². The fourth-order valence-corrected chi connectivity index (χ4v) is 4.31.